The van der Waals surface area contributed by atoms with E-state index in [0.717, 1.165) is 40.3 Å². The SMILES string of the molecule is CCCNc1cc(C)nc(-c2ccc(Br)cc2C)n1. The van der Waals surface area contributed by atoms with Gasteiger partial charge in [-0.3, -0.25) is 0 Å². The molecular formula is C15H18BrN3. The average molecular weight is 320 g/mol. The second kappa shape index (κ2) is 6.15. The number of hydrogen-bond acceptors (Lipinski definition) is 3. The molecule has 2 aromatic rings. The van der Waals surface area contributed by atoms with Gasteiger partial charge in [-0.15, -0.1) is 0 Å². The van der Waals surface area contributed by atoms with Gasteiger partial charge in [-0.25, -0.2) is 9.97 Å². The summed E-state index contributed by atoms with van der Waals surface area (Å²) in [6.45, 7) is 7.14. The van der Waals surface area contributed by atoms with Crippen molar-refractivity contribution in [2.45, 2.75) is 27.2 Å². The predicted molar refractivity (Wildman–Crippen MR) is 83.4 cm³/mol. The van der Waals surface area contributed by atoms with Crippen LogP contribution in [-0.4, -0.2) is 16.5 Å². The van der Waals surface area contributed by atoms with Crippen LogP contribution < -0.4 is 5.32 Å². The molecule has 0 atom stereocenters. The molecule has 0 fully saturated rings. The standard InChI is InChI=1S/C15H18BrN3/c1-4-7-17-14-9-11(3)18-15(19-14)13-6-5-12(16)8-10(13)2/h5-6,8-9H,4,7H2,1-3H3,(H,17,18,19). The minimum Gasteiger partial charge on any atom is -0.370 e. The Morgan fingerprint density at radius 3 is 2.63 bits per heavy atom. The molecule has 0 aliphatic heterocycles. The van der Waals surface area contributed by atoms with Crippen LogP contribution in [0.4, 0.5) is 5.82 Å². The largest absolute Gasteiger partial charge is 0.370 e. The molecule has 1 N–H and O–H groups in total. The molecule has 0 saturated carbocycles. The first-order chi connectivity index (χ1) is 9.10. The van der Waals surface area contributed by atoms with Crippen LogP contribution in [0.3, 0.4) is 0 Å². The second-order valence-electron chi connectivity index (χ2n) is 4.60. The Morgan fingerprint density at radius 1 is 1.16 bits per heavy atom. The molecule has 1 heterocycles. The van der Waals surface area contributed by atoms with Crippen molar-refractivity contribution in [3.8, 4) is 11.4 Å². The summed E-state index contributed by atoms with van der Waals surface area (Å²) >= 11 is 3.48. The first kappa shape index (κ1) is 14.0. The molecule has 0 saturated heterocycles. The Hall–Kier alpha value is -1.42. The van der Waals surface area contributed by atoms with Crippen LogP contribution in [0.15, 0.2) is 28.7 Å². The zero-order valence-electron chi connectivity index (χ0n) is 11.5. The van der Waals surface area contributed by atoms with Crippen molar-refractivity contribution < 1.29 is 0 Å². The Morgan fingerprint density at radius 2 is 1.95 bits per heavy atom. The van der Waals surface area contributed by atoms with E-state index in [4.69, 9.17) is 0 Å². The van der Waals surface area contributed by atoms with Crippen molar-refractivity contribution in [2.24, 2.45) is 0 Å². The number of nitrogens with zero attached hydrogens (tertiary/aromatic N) is 2. The topological polar surface area (TPSA) is 37.8 Å². The van der Waals surface area contributed by atoms with Crippen LogP contribution in [0, 0.1) is 13.8 Å². The zero-order chi connectivity index (χ0) is 13.8. The van der Waals surface area contributed by atoms with Gasteiger partial charge in [0, 0.05) is 28.3 Å². The fourth-order valence-corrected chi connectivity index (χ4v) is 2.39. The lowest BCUT2D eigenvalue weighted by molar-refractivity contribution is 0.962. The van der Waals surface area contributed by atoms with E-state index in [1.807, 2.05) is 19.1 Å². The van der Waals surface area contributed by atoms with Gasteiger partial charge >= 0.3 is 0 Å². The third-order valence-corrected chi connectivity index (χ3v) is 3.33. The van der Waals surface area contributed by atoms with Gasteiger partial charge in [0.15, 0.2) is 5.82 Å². The highest BCUT2D eigenvalue weighted by molar-refractivity contribution is 9.10. The Bertz CT molecular complexity index is 582. The molecule has 100 valence electrons. The van der Waals surface area contributed by atoms with Gasteiger partial charge < -0.3 is 5.32 Å². The molecular weight excluding hydrogens is 302 g/mol. The number of halogens is 1. The van der Waals surface area contributed by atoms with E-state index in [-0.39, 0.29) is 0 Å². The molecule has 0 spiro atoms. The van der Waals surface area contributed by atoms with E-state index in [1.54, 1.807) is 0 Å². The molecule has 2 rings (SSSR count). The predicted octanol–water partition coefficient (Wildman–Crippen LogP) is 4.34. The smallest absolute Gasteiger partial charge is 0.162 e. The molecule has 3 nitrogen and oxygen atoms in total. The van der Waals surface area contributed by atoms with Gasteiger partial charge in [-0.2, -0.15) is 0 Å². The first-order valence-electron chi connectivity index (χ1n) is 6.46. The van der Waals surface area contributed by atoms with E-state index in [1.165, 1.54) is 5.56 Å². The molecule has 0 aliphatic carbocycles. The monoisotopic (exact) mass is 319 g/mol. The minimum absolute atomic E-state index is 0.781. The molecule has 4 heteroatoms. The van der Waals surface area contributed by atoms with Crippen molar-refractivity contribution in [1.29, 1.82) is 0 Å². The third-order valence-electron chi connectivity index (χ3n) is 2.84. The van der Waals surface area contributed by atoms with Crippen LogP contribution in [0.5, 0.6) is 0 Å². The van der Waals surface area contributed by atoms with E-state index in [9.17, 15) is 0 Å². The number of anilines is 1. The summed E-state index contributed by atoms with van der Waals surface area (Å²) in [6.07, 6.45) is 1.08. The molecule has 19 heavy (non-hydrogen) atoms. The van der Waals surface area contributed by atoms with Crippen LogP contribution in [0.1, 0.15) is 24.6 Å². The van der Waals surface area contributed by atoms with Crippen molar-refractivity contribution in [1.82, 2.24) is 9.97 Å². The van der Waals surface area contributed by atoms with Crippen LogP contribution in [-0.2, 0) is 0 Å². The van der Waals surface area contributed by atoms with Gasteiger partial charge in [-0.05, 0) is 44.0 Å². The number of hydrogen-bond donors (Lipinski definition) is 1. The maximum atomic E-state index is 4.59. The number of aryl methyl sites for hydroxylation is 2. The fraction of sp³-hybridized carbons (Fsp3) is 0.333. The Labute approximate surface area is 122 Å². The average Bonchev–Trinajstić information content (AvgIpc) is 2.35. The lowest BCUT2D eigenvalue weighted by atomic mass is 10.1. The lowest BCUT2D eigenvalue weighted by Gasteiger charge is -2.09. The van der Waals surface area contributed by atoms with Crippen molar-refractivity contribution in [2.75, 3.05) is 11.9 Å². The first-order valence-corrected chi connectivity index (χ1v) is 7.25. The van der Waals surface area contributed by atoms with E-state index in [0.29, 0.717) is 0 Å². The zero-order valence-corrected chi connectivity index (χ0v) is 13.1. The summed E-state index contributed by atoms with van der Waals surface area (Å²) in [5.74, 6) is 1.68. The van der Waals surface area contributed by atoms with E-state index >= 15 is 0 Å². The van der Waals surface area contributed by atoms with Gasteiger partial charge in [-0.1, -0.05) is 22.9 Å². The maximum absolute atomic E-state index is 4.59. The Kier molecular flexibility index (Phi) is 4.53. The summed E-state index contributed by atoms with van der Waals surface area (Å²) < 4.78 is 1.07. The summed E-state index contributed by atoms with van der Waals surface area (Å²) in [7, 11) is 0. The molecule has 1 aromatic carbocycles. The summed E-state index contributed by atoms with van der Waals surface area (Å²) in [5, 5.41) is 3.32. The fourth-order valence-electron chi connectivity index (χ4n) is 1.91. The molecule has 0 amide bonds. The van der Waals surface area contributed by atoms with Crippen LogP contribution in [0.25, 0.3) is 11.4 Å². The molecule has 0 aliphatic rings. The van der Waals surface area contributed by atoms with Crippen molar-refractivity contribution >= 4 is 21.7 Å². The van der Waals surface area contributed by atoms with Crippen LogP contribution >= 0.6 is 15.9 Å². The van der Waals surface area contributed by atoms with Gasteiger partial charge in [0.1, 0.15) is 5.82 Å². The molecule has 0 unspecified atom stereocenters. The lowest BCUT2D eigenvalue weighted by Crippen LogP contribution is -2.04. The highest BCUT2D eigenvalue weighted by atomic mass is 79.9. The highest BCUT2D eigenvalue weighted by Gasteiger charge is 2.08. The second-order valence-corrected chi connectivity index (χ2v) is 5.52. The normalized spacial score (nSPS) is 10.5. The van der Waals surface area contributed by atoms with E-state index in [2.05, 4.69) is 57.2 Å². The highest BCUT2D eigenvalue weighted by Crippen LogP contribution is 2.24. The molecule has 0 radical (unpaired) electrons. The van der Waals surface area contributed by atoms with Gasteiger partial charge in [0.25, 0.3) is 0 Å². The van der Waals surface area contributed by atoms with Gasteiger partial charge in [0.2, 0.25) is 0 Å². The van der Waals surface area contributed by atoms with Crippen molar-refractivity contribution in [3.63, 3.8) is 0 Å². The summed E-state index contributed by atoms with van der Waals surface area (Å²) in [6, 6.07) is 8.14. The number of aromatic nitrogens is 2. The summed E-state index contributed by atoms with van der Waals surface area (Å²) in [4.78, 5) is 9.13. The third kappa shape index (κ3) is 3.53. The molecule has 1 aromatic heterocycles. The quantitative estimate of drug-likeness (QED) is 0.910. The van der Waals surface area contributed by atoms with E-state index < -0.39 is 0 Å². The number of nitrogens with one attached hydrogen (secondary N) is 1. The maximum Gasteiger partial charge on any atom is 0.162 e. The Balaban J connectivity index is 2.41. The van der Waals surface area contributed by atoms with Crippen molar-refractivity contribution in [3.05, 3.63) is 40.0 Å². The number of benzene rings is 1. The number of rotatable bonds is 4. The summed E-state index contributed by atoms with van der Waals surface area (Å²) in [5.41, 5.74) is 3.22. The molecule has 0 bridgehead atoms. The minimum atomic E-state index is 0.781. The van der Waals surface area contributed by atoms with Gasteiger partial charge in [0.05, 0.1) is 0 Å². The van der Waals surface area contributed by atoms with Crippen LogP contribution in [0.2, 0.25) is 0 Å².